The van der Waals surface area contributed by atoms with E-state index in [1.807, 2.05) is 6.07 Å². The molecule has 0 atom stereocenters. The van der Waals surface area contributed by atoms with Crippen molar-refractivity contribution in [3.63, 3.8) is 0 Å². The van der Waals surface area contributed by atoms with Crippen LogP contribution in [-0.2, 0) is 0 Å². The molecule has 0 spiro atoms. The first kappa shape index (κ1) is 8.82. The van der Waals surface area contributed by atoms with Gasteiger partial charge >= 0.3 is 0 Å². The number of carbonyl (C=O) groups is 1. The molecular formula is C9H7NOS. The number of hydrogen-bond donors (Lipinski definition) is 1. The van der Waals surface area contributed by atoms with Crippen molar-refractivity contribution in [2.24, 2.45) is 0 Å². The van der Waals surface area contributed by atoms with E-state index < -0.39 is 0 Å². The van der Waals surface area contributed by atoms with Gasteiger partial charge in [-0.05, 0) is 18.6 Å². The summed E-state index contributed by atoms with van der Waals surface area (Å²) in [4.78, 5) is 10.9. The second kappa shape index (κ2) is 3.42. The van der Waals surface area contributed by atoms with Crippen LogP contribution in [0.25, 0.3) is 0 Å². The van der Waals surface area contributed by atoms with Gasteiger partial charge < -0.3 is 0 Å². The second-order valence-corrected chi connectivity index (χ2v) is 2.80. The zero-order valence-corrected chi connectivity index (χ0v) is 7.43. The summed E-state index contributed by atoms with van der Waals surface area (Å²) in [5.74, 6) is 0. The fraction of sp³-hybridized carbons (Fsp3) is 0.111. The van der Waals surface area contributed by atoms with Gasteiger partial charge in [0.05, 0.1) is 11.6 Å². The largest absolute Gasteiger partial charge is 0.282 e. The zero-order valence-electron chi connectivity index (χ0n) is 6.53. The van der Waals surface area contributed by atoms with E-state index in [1.165, 1.54) is 0 Å². The van der Waals surface area contributed by atoms with Crippen LogP contribution in [0.4, 0.5) is 0 Å². The predicted octanol–water partition coefficient (Wildman–Crippen LogP) is 1.94. The molecule has 0 unspecified atom stereocenters. The van der Waals surface area contributed by atoms with Crippen molar-refractivity contribution < 1.29 is 4.79 Å². The minimum absolute atomic E-state index is 0.301. The van der Waals surface area contributed by atoms with Crippen LogP contribution in [0.3, 0.4) is 0 Å². The number of nitrogens with zero attached hydrogens (tertiary/aromatic N) is 1. The Balaban J connectivity index is 3.35. The first-order valence-corrected chi connectivity index (χ1v) is 3.84. The predicted molar refractivity (Wildman–Crippen MR) is 49.2 cm³/mol. The van der Waals surface area contributed by atoms with E-state index in [4.69, 9.17) is 5.26 Å². The molecule has 0 N–H and O–H groups in total. The highest BCUT2D eigenvalue weighted by atomic mass is 32.1. The summed E-state index contributed by atoms with van der Waals surface area (Å²) < 4.78 is 0. The summed E-state index contributed by atoms with van der Waals surface area (Å²) >= 11 is 3.70. The van der Waals surface area contributed by atoms with Crippen LogP contribution in [0.1, 0.15) is 21.5 Å². The zero-order chi connectivity index (χ0) is 9.14. The van der Waals surface area contributed by atoms with E-state index >= 15 is 0 Å². The summed E-state index contributed by atoms with van der Waals surface area (Å²) in [6, 6.07) is 7.01. The topological polar surface area (TPSA) is 40.9 Å². The molecule has 0 fully saturated rings. The Morgan fingerprint density at radius 3 is 2.75 bits per heavy atom. The maximum absolute atomic E-state index is 10.9. The molecule has 0 saturated heterocycles. The van der Waals surface area contributed by atoms with Crippen molar-refractivity contribution in [1.29, 1.82) is 5.26 Å². The lowest BCUT2D eigenvalue weighted by Gasteiger charge is -2.01. The smallest absolute Gasteiger partial charge is 0.216 e. The first-order chi connectivity index (χ1) is 5.66. The standard InChI is InChI=1S/C9H7NOS/c1-6-7(5-10)3-2-4-8(6)9(11)12/h2-4H,1H3,(H,11,12). The van der Waals surface area contributed by atoms with Crippen LogP contribution in [0.5, 0.6) is 0 Å². The van der Waals surface area contributed by atoms with Crippen molar-refractivity contribution in [2.75, 3.05) is 0 Å². The van der Waals surface area contributed by atoms with Gasteiger partial charge in [-0.25, -0.2) is 0 Å². The summed E-state index contributed by atoms with van der Waals surface area (Å²) in [7, 11) is 0. The number of nitriles is 1. The Hall–Kier alpha value is -1.27. The number of benzene rings is 1. The minimum atomic E-state index is -0.301. The summed E-state index contributed by atoms with van der Waals surface area (Å²) in [5.41, 5.74) is 1.72. The van der Waals surface area contributed by atoms with E-state index in [9.17, 15) is 4.79 Å². The molecule has 0 saturated carbocycles. The van der Waals surface area contributed by atoms with Crippen LogP contribution >= 0.6 is 12.6 Å². The van der Waals surface area contributed by atoms with Crippen LogP contribution in [0.2, 0.25) is 0 Å². The monoisotopic (exact) mass is 177 g/mol. The Labute approximate surface area is 76.2 Å². The summed E-state index contributed by atoms with van der Waals surface area (Å²) in [6.45, 7) is 1.74. The van der Waals surface area contributed by atoms with Gasteiger partial charge in [0.2, 0.25) is 5.12 Å². The third-order valence-corrected chi connectivity index (χ3v) is 1.93. The van der Waals surface area contributed by atoms with Gasteiger partial charge in [-0.1, -0.05) is 12.1 Å². The molecule has 1 aromatic rings. The average Bonchev–Trinajstić information content (AvgIpc) is 2.04. The lowest BCUT2D eigenvalue weighted by atomic mass is 10.0. The molecule has 0 bridgehead atoms. The van der Waals surface area contributed by atoms with Crippen molar-refractivity contribution in [2.45, 2.75) is 6.92 Å². The second-order valence-electron chi connectivity index (χ2n) is 2.40. The maximum Gasteiger partial charge on any atom is 0.216 e. The molecule has 0 radical (unpaired) electrons. The Morgan fingerprint density at radius 1 is 1.58 bits per heavy atom. The quantitative estimate of drug-likeness (QED) is 0.666. The Bertz CT molecular complexity index is 365. The molecule has 0 amide bonds. The minimum Gasteiger partial charge on any atom is -0.282 e. The molecule has 0 aliphatic heterocycles. The normalized spacial score (nSPS) is 9.08. The number of carbonyl (C=O) groups excluding carboxylic acids is 1. The molecule has 2 nitrogen and oxygen atoms in total. The third kappa shape index (κ3) is 1.49. The molecule has 0 aromatic heterocycles. The molecule has 0 heterocycles. The van der Waals surface area contributed by atoms with Crippen LogP contribution < -0.4 is 0 Å². The number of thiol groups is 1. The van der Waals surface area contributed by atoms with Gasteiger partial charge in [0, 0.05) is 5.56 Å². The van der Waals surface area contributed by atoms with Gasteiger partial charge in [0.25, 0.3) is 0 Å². The highest BCUT2D eigenvalue weighted by Crippen LogP contribution is 2.14. The first-order valence-electron chi connectivity index (χ1n) is 3.40. The molecule has 1 aromatic carbocycles. The van der Waals surface area contributed by atoms with Gasteiger partial charge in [-0.3, -0.25) is 4.79 Å². The number of rotatable bonds is 1. The van der Waals surface area contributed by atoms with E-state index in [0.717, 1.165) is 0 Å². The highest BCUT2D eigenvalue weighted by Gasteiger charge is 2.06. The lowest BCUT2D eigenvalue weighted by molar-refractivity contribution is 0.109. The molecule has 1 rings (SSSR count). The molecule has 3 heteroatoms. The van der Waals surface area contributed by atoms with Crippen molar-refractivity contribution in [1.82, 2.24) is 0 Å². The maximum atomic E-state index is 10.9. The van der Waals surface area contributed by atoms with Crippen LogP contribution in [0.15, 0.2) is 18.2 Å². The fourth-order valence-electron chi connectivity index (χ4n) is 0.988. The van der Waals surface area contributed by atoms with Gasteiger partial charge in [0.15, 0.2) is 0 Å². The van der Waals surface area contributed by atoms with Gasteiger partial charge in [0.1, 0.15) is 0 Å². The van der Waals surface area contributed by atoms with Crippen molar-refractivity contribution in [3.05, 3.63) is 34.9 Å². The molecular weight excluding hydrogens is 170 g/mol. The summed E-state index contributed by atoms with van der Waals surface area (Å²) in [6.07, 6.45) is 0. The van der Waals surface area contributed by atoms with Crippen LogP contribution in [0, 0.1) is 18.3 Å². The molecule has 12 heavy (non-hydrogen) atoms. The Morgan fingerprint density at radius 2 is 2.25 bits per heavy atom. The van der Waals surface area contributed by atoms with Crippen molar-refractivity contribution >= 4 is 17.7 Å². The molecule has 0 aliphatic rings. The van der Waals surface area contributed by atoms with Crippen molar-refractivity contribution in [3.8, 4) is 6.07 Å². The third-order valence-electron chi connectivity index (χ3n) is 1.68. The number of hydrogen-bond acceptors (Lipinski definition) is 2. The van der Waals surface area contributed by atoms with E-state index in [2.05, 4.69) is 12.6 Å². The van der Waals surface area contributed by atoms with E-state index in [0.29, 0.717) is 16.7 Å². The summed E-state index contributed by atoms with van der Waals surface area (Å²) in [5, 5.41) is 8.34. The van der Waals surface area contributed by atoms with Gasteiger partial charge in [-0.2, -0.15) is 5.26 Å². The lowest BCUT2D eigenvalue weighted by Crippen LogP contribution is -1.95. The van der Waals surface area contributed by atoms with Crippen LogP contribution in [-0.4, -0.2) is 5.12 Å². The van der Waals surface area contributed by atoms with E-state index in [-0.39, 0.29) is 5.12 Å². The SMILES string of the molecule is Cc1c(C#N)cccc1C(=O)S. The molecule has 60 valence electrons. The average molecular weight is 177 g/mol. The molecule has 0 aliphatic carbocycles. The van der Waals surface area contributed by atoms with Gasteiger partial charge in [-0.15, -0.1) is 12.6 Å². The Kier molecular flexibility index (Phi) is 2.51. The fourth-order valence-corrected chi connectivity index (χ4v) is 1.23. The van der Waals surface area contributed by atoms with E-state index in [1.54, 1.807) is 25.1 Å². The highest BCUT2D eigenvalue weighted by molar-refractivity contribution is 7.97.